The number of hydrogen-bond acceptors (Lipinski definition) is 4. The Kier molecular flexibility index (Phi) is 7.41. The second kappa shape index (κ2) is 12.7. The number of carbonyl (C=O) groups excluding carboxylic acids is 2. The van der Waals surface area contributed by atoms with Gasteiger partial charge in [0, 0.05) is 11.1 Å². The van der Waals surface area contributed by atoms with Crippen molar-refractivity contribution in [1.29, 1.82) is 0 Å². The number of fused-ring (bicyclic) bond motifs is 6. The minimum Gasteiger partial charge on any atom is -0.422 e. The van der Waals surface area contributed by atoms with Crippen LogP contribution in [0.3, 0.4) is 0 Å². The van der Waals surface area contributed by atoms with E-state index < -0.39 is 11.9 Å². The van der Waals surface area contributed by atoms with E-state index in [2.05, 4.69) is 12.1 Å². The first-order valence-electron chi connectivity index (χ1n) is 17.9. The van der Waals surface area contributed by atoms with Crippen LogP contribution < -0.4 is 9.47 Å². The molecule has 0 fully saturated rings. The number of carbonyl (C=O) groups is 2. The summed E-state index contributed by atoms with van der Waals surface area (Å²) < 4.78 is 13.1. The first-order chi connectivity index (χ1) is 26.6. The van der Waals surface area contributed by atoms with Crippen LogP contribution in [0.4, 0.5) is 0 Å². The lowest BCUT2D eigenvalue weighted by molar-refractivity contribution is 0.0727. The lowest BCUT2D eigenvalue weighted by Crippen LogP contribution is -2.12. The molecule has 10 aromatic rings. The van der Waals surface area contributed by atoms with E-state index in [1.807, 2.05) is 170 Å². The topological polar surface area (TPSA) is 52.6 Å². The summed E-state index contributed by atoms with van der Waals surface area (Å²) in [5.41, 5.74) is 2.31. The van der Waals surface area contributed by atoms with Crippen molar-refractivity contribution in [3.05, 3.63) is 193 Å². The summed E-state index contributed by atoms with van der Waals surface area (Å²) in [4.78, 5) is 29.2. The molecule has 4 heteroatoms. The molecule has 254 valence electrons. The van der Waals surface area contributed by atoms with Crippen LogP contribution in [0.5, 0.6) is 11.5 Å². The van der Waals surface area contributed by atoms with E-state index in [1.54, 1.807) is 0 Å². The van der Waals surface area contributed by atoms with Crippen molar-refractivity contribution in [2.75, 3.05) is 0 Å². The molecule has 0 spiro atoms. The van der Waals surface area contributed by atoms with Gasteiger partial charge in [0.1, 0.15) is 11.5 Å². The average molecular weight is 695 g/mol. The Morgan fingerprint density at radius 1 is 0.296 bits per heavy atom. The van der Waals surface area contributed by atoms with E-state index in [1.165, 1.54) is 0 Å². The van der Waals surface area contributed by atoms with Crippen molar-refractivity contribution in [1.82, 2.24) is 0 Å². The van der Waals surface area contributed by atoms with Gasteiger partial charge >= 0.3 is 11.9 Å². The van der Waals surface area contributed by atoms with Crippen molar-refractivity contribution in [2.24, 2.45) is 0 Å². The van der Waals surface area contributed by atoms with E-state index in [0.717, 1.165) is 64.6 Å². The van der Waals surface area contributed by atoms with E-state index in [0.29, 0.717) is 33.8 Å². The van der Waals surface area contributed by atoms with Crippen molar-refractivity contribution in [3.63, 3.8) is 0 Å². The second-order valence-electron chi connectivity index (χ2n) is 13.5. The summed E-state index contributed by atoms with van der Waals surface area (Å²) in [6, 6.07) is 59.3. The molecular weight excluding hydrogens is 665 g/mol. The van der Waals surface area contributed by atoms with Gasteiger partial charge in [-0.15, -0.1) is 0 Å². The van der Waals surface area contributed by atoms with Gasteiger partial charge in [0.25, 0.3) is 0 Å². The summed E-state index contributed by atoms with van der Waals surface area (Å²) in [5.74, 6) is -0.221. The predicted octanol–water partition coefficient (Wildman–Crippen LogP) is 12.7. The van der Waals surface area contributed by atoms with E-state index >= 15 is 0 Å². The highest BCUT2D eigenvalue weighted by Crippen LogP contribution is 2.46. The van der Waals surface area contributed by atoms with Crippen molar-refractivity contribution < 1.29 is 19.1 Å². The Morgan fingerprint density at radius 3 is 0.907 bits per heavy atom. The Labute approximate surface area is 310 Å². The van der Waals surface area contributed by atoms with Crippen LogP contribution in [0.15, 0.2) is 182 Å². The van der Waals surface area contributed by atoms with Crippen molar-refractivity contribution in [3.8, 4) is 22.6 Å². The number of rotatable bonds is 5. The van der Waals surface area contributed by atoms with Gasteiger partial charge < -0.3 is 9.47 Å². The highest BCUT2D eigenvalue weighted by molar-refractivity contribution is 6.19. The van der Waals surface area contributed by atoms with Crippen LogP contribution in [-0.4, -0.2) is 11.9 Å². The molecule has 0 bridgehead atoms. The fraction of sp³-hybridized carbons (Fsp3) is 0. The number of esters is 2. The van der Waals surface area contributed by atoms with Crippen LogP contribution >= 0.6 is 0 Å². The van der Waals surface area contributed by atoms with Gasteiger partial charge in [-0.25, -0.2) is 9.59 Å². The summed E-state index contributed by atoms with van der Waals surface area (Å²) >= 11 is 0. The normalized spacial score (nSPS) is 11.5. The lowest BCUT2D eigenvalue weighted by atomic mass is 9.92. The van der Waals surface area contributed by atoms with Gasteiger partial charge in [-0.1, -0.05) is 158 Å². The maximum atomic E-state index is 14.6. The Bertz CT molecular complexity index is 2840. The highest BCUT2D eigenvalue weighted by atomic mass is 16.5. The van der Waals surface area contributed by atoms with Gasteiger partial charge in [0.15, 0.2) is 0 Å². The molecule has 0 saturated heterocycles. The standard InChI is InChI=1S/C50H30O4/c51-49(45-39-21-9-3-15-33(39)29-34-16-4-10-22-40(34)45)53-43-27-25-31-13-1-7-19-37(31)47(43)48-38-20-8-2-14-32(38)26-28-44(48)54-50(52)46-41-23-11-5-17-35(41)30-36-18-6-12-24-42(36)46/h1-30H. The van der Waals surface area contributed by atoms with Crippen molar-refractivity contribution in [2.45, 2.75) is 0 Å². The first kappa shape index (κ1) is 31.4. The van der Waals surface area contributed by atoms with E-state index in [4.69, 9.17) is 9.47 Å². The molecule has 0 aromatic heterocycles. The second-order valence-corrected chi connectivity index (χ2v) is 13.5. The molecule has 4 nitrogen and oxygen atoms in total. The molecule has 0 radical (unpaired) electrons. The molecule has 10 rings (SSSR count). The summed E-state index contributed by atoms with van der Waals surface area (Å²) in [6.45, 7) is 0. The highest BCUT2D eigenvalue weighted by Gasteiger charge is 2.25. The minimum absolute atomic E-state index is 0.361. The van der Waals surface area contributed by atoms with E-state index in [-0.39, 0.29) is 0 Å². The van der Waals surface area contributed by atoms with E-state index in [9.17, 15) is 9.59 Å². The lowest BCUT2D eigenvalue weighted by Gasteiger charge is -2.20. The Hall–Kier alpha value is -7.30. The zero-order valence-electron chi connectivity index (χ0n) is 29.0. The molecule has 0 atom stereocenters. The number of ether oxygens (including phenoxy) is 2. The summed E-state index contributed by atoms with van der Waals surface area (Å²) in [6.07, 6.45) is 0. The molecule has 0 aliphatic rings. The van der Waals surface area contributed by atoms with Crippen LogP contribution in [0.1, 0.15) is 20.7 Å². The maximum Gasteiger partial charge on any atom is 0.344 e. The van der Waals surface area contributed by atoms with Crippen LogP contribution in [-0.2, 0) is 0 Å². The number of benzene rings is 10. The van der Waals surface area contributed by atoms with Gasteiger partial charge in [0.05, 0.1) is 11.1 Å². The number of hydrogen-bond donors (Lipinski definition) is 0. The van der Waals surface area contributed by atoms with Gasteiger partial charge in [-0.3, -0.25) is 0 Å². The predicted molar refractivity (Wildman–Crippen MR) is 220 cm³/mol. The average Bonchev–Trinajstić information content (AvgIpc) is 3.21. The first-order valence-corrected chi connectivity index (χ1v) is 17.9. The Balaban J connectivity index is 1.19. The SMILES string of the molecule is O=C(Oc1ccc2ccccc2c1-c1c(OC(=O)c2c3ccccc3cc3ccccc23)ccc2ccccc12)c1c2ccccc2cc2ccccc12. The minimum atomic E-state index is -0.472. The third-order valence-corrected chi connectivity index (χ3v) is 10.4. The zero-order chi connectivity index (χ0) is 36.2. The van der Waals surface area contributed by atoms with Crippen LogP contribution in [0, 0.1) is 0 Å². The van der Waals surface area contributed by atoms with Gasteiger partial charge in [-0.2, -0.15) is 0 Å². The summed E-state index contributed by atoms with van der Waals surface area (Å²) in [5, 5.41) is 10.7. The molecule has 0 unspecified atom stereocenters. The zero-order valence-corrected chi connectivity index (χ0v) is 29.0. The molecule has 0 heterocycles. The Morgan fingerprint density at radius 2 is 0.574 bits per heavy atom. The third kappa shape index (κ3) is 5.15. The molecule has 10 aromatic carbocycles. The molecule has 54 heavy (non-hydrogen) atoms. The quantitative estimate of drug-likeness (QED) is 0.102. The molecule has 0 N–H and O–H groups in total. The monoisotopic (exact) mass is 694 g/mol. The maximum absolute atomic E-state index is 14.6. The van der Waals surface area contributed by atoms with Crippen LogP contribution in [0.2, 0.25) is 0 Å². The molecular formula is C50H30O4. The molecule has 0 aliphatic heterocycles. The molecule has 0 amide bonds. The van der Waals surface area contributed by atoms with Gasteiger partial charge in [-0.05, 0) is 88.9 Å². The van der Waals surface area contributed by atoms with Gasteiger partial charge in [0.2, 0.25) is 0 Å². The summed E-state index contributed by atoms with van der Waals surface area (Å²) in [7, 11) is 0. The fourth-order valence-electron chi connectivity index (χ4n) is 7.96. The molecule has 0 aliphatic carbocycles. The smallest absolute Gasteiger partial charge is 0.344 e. The fourth-order valence-corrected chi connectivity index (χ4v) is 7.96. The van der Waals surface area contributed by atoms with Crippen LogP contribution in [0.25, 0.3) is 75.8 Å². The third-order valence-electron chi connectivity index (χ3n) is 10.4. The largest absolute Gasteiger partial charge is 0.422 e. The van der Waals surface area contributed by atoms with Crippen molar-refractivity contribution >= 4 is 76.6 Å². The molecule has 0 saturated carbocycles.